The van der Waals surface area contributed by atoms with E-state index in [1.807, 2.05) is 0 Å². The van der Waals surface area contributed by atoms with Gasteiger partial charge >= 0.3 is 11.8 Å². The largest absolute Gasteiger partial charge is 0.392 e. The lowest BCUT2D eigenvalue weighted by molar-refractivity contribution is -0.139. The van der Waals surface area contributed by atoms with Crippen molar-refractivity contribution in [2.45, 2.75) is 25.7 Å². The first-order chi connectivity index (χ1) is 8.58. The first-order valence-corrected chi connectivity index (χ1v) is 6.83. The molecule has 0 heterocycles. The number of hydrogen-bond acceptors (Lipinski definition) is 3. The number of amides is 2. The van der Waals surface area contributed by atoms with Crippen LogP contribution in [0.3, 0.4) is 0 Å². The lowest BCUT2D eigenvalue weighted by Gasteiger charge is -2.15. The lowest BCUT2D eigenvalue weighted by Crippen LogP contribution is -2.44. The van der Waals surface area contributed by atoms with Crippen LogP contribution in [0.5, 0.6) is 0 Å². The summed E-state index contributed by atoms with van der Waals surface area (Å²) < 4.78 is 0. The van der Waals surface area contributed by atoms with E-state index in [0.717, 1.165) is 11.8 Å². The zero-order chi connectivity index (χ0) is 13.1. The van der Waals surface area contributed by atoms with Crippen LogP contribution in [0, 0.1) is 17.8 Å². The standard InChI is InChI=1S/C12H19N3O2S/c13-10(18)6-15-12(17)11(16)14-5-9(7-1-2-7)8-3-4-8/h7-9H,1-6H2,(H2,13,18)(H,14,16)(H,15,17). The first kappa shape index (κ1) is 13.3. The van der Waals surface area contributed by atoms with Gasteiger partial charge in [0.1, 0.15) is 0 Å². The molecule has 2 aliphatic rings. The van der Waals surface area contributed by atoms with E-state index in [0.29, 0.717) is 12.5 Å². The first-order valence-electron chi connectivity index (χ1n) is 6.42. The molecule has 2 aliphatic carbocycles. The smallest absolute Gasteiger partial charge is 0.309 e. The lowest BCUT2D eigenvalue weighted by atomic mass is 9.98. The molecule has 0 aromatic rings. The van der Waals surface area contributed by atoms with Gasteiger partial charge < -0.3 is 16.4 Å². The van der Waals surface area contributed by atoms with Crippen molar-refractivity contribution in [3.63, 3.8) is 0 Å². The third kappa shape index (κ3) is 3.94. The molecule has 0 atom stereocenters. The van der Waals surface area contributed by atoms with Crippen molar-refractivity contribution in [3.05, 3.63) is 0 Å². The molecule has 0 aromatic carbocycles. The predicted octanol–water partition coefficient (Wildman–Crippen LogP) is -0.0589. The monoisotopic (exact) mass is 269 g/mol. The Morgan fingerprint density at radius 3 is 2.06 bits per heavy atom. The molecule has 6 heteroatoms. The van der Waals surface area contributed by atoms with Gasteiger partial charge in [0.15, 0.2) is 0 Å². The molecule has 100 valence electrons. The van der Waals surface area contributed by atoms with Crippen LogP contribution < -0.4 is 16.4 Å². The molecule has 0 unspecified atom stereocenters. The number of carbonyl (C=O) groups is 2. The molecular weight excluding hydrogens is 250 g/mol. The van der Waals surface area contributed by atoms with Crippen molar-refractivity contribution in [2.75, 3.05) is 13.1 Å². The van der Waals surface area contributed by atoms with E-state index in [-0.39, 0.29) is 11.5 Å². The van der Waals surface area contributed by atoms with E-state index in [2.05, 4.69) is 22.9 Å². The number of hydrogen-bond donors (Lipinski definition) is 3. The topological polar surface area (TPSA) is 84.2 Å². The Balaban J connectivity index is 1.69. The molecule has 5 nitrogen and oxygen atoms in total. The molecule has 4 N–H and O–H groups in total. The number of nitrogens with one attached hydrogen (secondary N) is 2. The fourth-order valence-electron chi connectivity index (χ4n) is 2.31. The second kappa shape index (κ2) is 5.65. The average Bonchev–Trinajstić information content (AvgIpc) is 3.16. The summed E-state index contributed by atoms with van der Waals surface area (Å²) in [7, 11) is 0. The molecular formula is C12H19N3O2S. The summed E-state index contributed by atoms with van der Waals surface area (Å²) in [5.41, 5.74) is 5.24. The van der Waals surface area contributed by atoms with E-state index in [1.54, 1.807) is 0 Å². The van der Waals surface area contributed by atoms with Gasteiger partial charge in [-0.05, 0) is 43.4 Å². The maximum absolute atomic E-state index is 11.5. The van der Waals surface area contributed by atoms with E-state index in [1.165, 1.54) is 25.7 Å². The molecule has 2 rings (SSSR count). The van der Waals surface area contributed by atoms with Gasteiger partial charge in [-0.3, -0.25) is 9.59 Å². The van der Waals surface area contributed by atoms with Crippen LogP contribution >= 0.6 is 12.2 Å². The third-order valence-electron chi connectivity index (χ3n) is 3.58. The van der Waals surface area contributed by atoms with Crippen molar-refractivity contribution >= 4 is 29.0 Å². The number of rotatable bonds is 6. The summed E-state index contributed by atoms with van der Waals surface area (Å²) in [4.78, 5) is 23.1. The Hall–Kier alpha value is -1.17. The van der Waals surface area contributed by atoms with E-state index >= 15 is 0 Å². The van der Waals surface area contributed by atoms with Crippen LogP contribution in [0.2, 0.25) is 0 Å². The fourth-order valence-corrected chi connectivity index (χ4v) is 2.38. The van der Waals surface area contributed by atoms with Gasteiger partial charge in [0, 0.05) is 6.54 Å². The Kier molecular flexibility index (Phi) is 4.16. The van der Waals surface area contributed by atoms with Gasteiger partial charge in [-0.1, -0.05) is 12.2 Å². The summed E-state index contributed by atoms with van der Waals surface area (Å²) in [6.45, 7) is 0.685. The van der Waals surface area contributed by atoms with Crippen molar-refractivity contribution in [3.8, 4) is 0 Å². The summed E-state index contributed by atoms with van der Waals surface area (Å²) in [5.74, 6) is 0.845. The third-order valence-corrected chi connectivity index (χ3v) is 3.73. The van der Waals surface area contributed by atoms with Crippen LogP contribution in [-0.4, -0.2) is 29.9 Å². The van der Waals surface area contributed by atoms with Crippen LogP contribution in [0.15, 0.2) is 0 Å². The SMILES string of the molecule is NC(=S)CNC(=O)C(=O)NCC(C1CC1)C1CC1. The predicted molar refractivity (Wildman–Crippen MR) is 71.7 cm³/mol. The minimum absolute atomic E-state index is 0.0657. The van der Waals surface area contributed by atoms with Crippen LogP contribution in [0.1, 0.15) is 25.7 Å². The second-order valence-electron chi connectivity index (χ2n) is 5.20. The molecule has 0 radical (unpaired) electrons. The number of nitrogens with two attached hydrogens (primary N) is 1. The minimum Gasteiger partial charge on any atom is -0.392 e. The Labute approximate surface area is 112 Å². The highest BCUT2D eigenvalue weighted by atomic mass is 32.1. The van der Waals surface area contributed by atoms with Gasteiger partial charge in [-0.25, -0.2) is 0 Å². The molecule has 0 saturated heterocycles. The maximum Gasteiger partial charge on any atom is 0.309 e. The minimum atomic E-state index is -0.659. The number of carbonyl (C=O) groups excluding carboxylic acids is 2. The van der Waals surface area contributed by atoms with Crippen molar-refractivity contribution < 1.29 is 9.59 Å². The molecule has 0 bridgehead atoms. The van der Waals surface area contributed by atoms with Gasteiger partial charge in [0.2, 0.25) is 0 Å². The highest BCUT2D eigenvalue weighted by molar-refractivity contribution is 7.80. The molecule has 0 spiro atoms. The van der Waals surface area contributed by atoms with Crippen molar-refractivity contribution in [1.82, 2.24) is 10.6 Å². The summed E-state index contributed by atoms with van der Waals surface area (Å²) in [6.07, 6.45) is 5.07. The number of thiocarbonyl (C=S) groups is 1. The van der Waals surface area contributed by atoms with Gasteiger partial charge in [-0.15, -0.1) is 0 Å². The molecule has 0 aromatic heterocycles. The molecule has 2 saturated carbocycles. The highest BCUT2D eigenvalue weighted by Crippen LogP contribution is 2.48. The maximum atomic E-state index is 11.5. The Morgan fingerprint density at radius 1 is 1.11 bits per heavy atom. The van der Waals surface area contributed by atoms with E-state index in [4.69, 9.17) is 5.73 Å². The van der Waals surface area contributed by atoms with Gasteiger partial charge in [0.05, 0.1) is 11.5 Å². The average molecular weight is 269 g/mol. The molecule has 0 aliphatic heterocycles. The van der Waals surface area contributed by atoms with Crippen LogP contribution in [0.25, 0.3) is 0 Å². The van der Waals surface area contributed by atoms with E-state index in [9.17, 15) is 9.59 Å². The van der Waals surface area contributed by atoms with Crippen molar-refractivity contribution in [1.29, 1.82) is 0 Å². The van der Waals surface area contributed by atoms with Gasteiger partial charge in [-0.2, -0.15) is 0 Å². The molecule has 18 heavy (non-hydrogen) atoms. The van der Waals surface area contributed by atoms with Gasteiger partial charge in [0.25, 0.3) is 0 Å². The summed E-state index contributed by atoms with van der Waals surface area (Å²) >= 11 is 4.62. The second-order valence-corrected chi connectivity index (χ2v) is 5.72. The highest BCUT2D eigenvalue weighted by Gasteiger charge is 2.41. The van der Waals surface area contributed by atoms with E-state index < -0.39 is 11.8 Å². The zero-order valence-corrected chi connectivity index (χ0v) is 11.1. The normalized spacial score (nSPS) is 18.5. The fraction of sp³-hybridized carbons (Fsp3) is 0.750. The molecule has 2 fully saturated rings. The quantitative estimate of drug-likeness (QED) is 0.466. The van der Waals surface area contributed by atoms with Crippen LogP contribution in [-0.2, 0) is 9.59 Å². The van der Waals surface area contributed by atoms with Crippen LogP contribution in [0.4, 0.5) is 0 Å². The Morgan fingerprint density at radius 2 is 1.61 bits per heavy atom. The Bertz CT molecular complexity index is 352. The molecule has 2 amide bonds. The van der Waals surface area contributed by atoms with Crippen molar-refractivity contribution in [2.24, 2.45) is 23.5 Å². The summed E-state index contributed by atoms with van der Waals surface area (Å²) in [6, 6.07) is 0. The zero-order valence-electron chi connectivity index (χ0n) is 10.3. The summed E-state index contributed by atoms with van der Waals surface area (Å²) in [5, 5.41) is 5.09.